The van der Waals surface area contributed by atoms with Crippen molar-refractivity contribution < 1.29 is 9.53 Å². The normalized spacial score (nSPS) is 14.1. The SMILES string of the molecule is COc1cc(C)c(SN(C)CCSCC(=O)N(C)Cc2ccc3c(c2)CCN(C)CC3)c(C)c1. The molecule has 0 N–H and O–H groups in total. The molecule has 1 aliphatic rings. The molecule has 1 amide bonds. The number of hydrogen-bond acceptors (Lipinski definition) is 6. The minimum Gasteiger partial charge on any atom is -0.497 e. The van der Waals surface area contributed by atoms with Crippen LogP contribution in [0, 0.1) is 13.8 Å². The Morgan fingerprint density at radius 2 is 1.74 bits per heavy atom. The monoisotopic (exact) mass is 501 g/mol. The average molecular weight is 502 g/mol. The van der Waals surface area contributed by atoms with E-state index in [4.69, 9.17) is 4.74 Å². The van der Waals surface area contributed by atoms with Crippen molar-refractivity contribution in [1.29, 1.82) is 0 Å². The lowest BCUT2D eigenvalue weighted by Gasteiger charge is -2.20. The first kappa shape index (κ1) is 26.9. The Morgan fingerprint density at radius 3 is 2.41 bits per heavy atom. The number of methoxy groups -OCH3 is 1. The Labute approximate surface area is 214 Å². The lowest BCUT2D eigenvalue weighted by atomic mass is 10.00. The van der Waals surface area contributed by atoms with E-state index >= 15 is 0 Å². The molecule has 186 valence electrons. The van der Waals surface area contributed by atoms with Gasteiger partial charge in [-0.25, -0.2) is 4.31 Å². The van der Waals surface area contributed by atoms with E-state index < -0.39 is 0 Å². The van der Waals surface area contributed by atoms with Crippen molar-refractivity contribution in [3.05, 3.63) is 58.1 Å². The summed E-state index contributed by atoms with van der Waals surface area (Å²) >= 11 is 3.47. The van der Waals surface area contributed by atoms with Crippen LogP contribution in [0.2, 0.25) is 0 Å². The molecule has 34 heavy (non-hydrogen) atoms. The third-order valence-electron chi connectivity index (χ3n) is 6.33. The number of ether oxygens (including phenoxy) is 1. The zero-order valence-corrected chi connectivity index (χ0v) is 23.2. The van der Waals surface area contributed by atoms with Gasteiger partial charge in [-0.3, -0.25) is 4.79 Å². The van der Waals surface area contributed by atoms with Gasteiger partial charge in [0.25, 0.3) is 0 Å². The molecule has 2 aromatic rings. The van der Waals surface area contributed by atoms with E-state index in [-0.39, 0.29) is 5.91 Å². The highest BCUT2D eigenvalue weighted by atomic mass is 32.2. The van der Waals surface area contributed by atoms with Gasteiger partial charge in [0.15, 0.2) is 0 Å². The van der Waals surface area contributed by atoms with Crippen LogP contribution >= 0.6 is 23.7 Å². The standard InChI is InChI=1S/C27H39N3O2S2/c1-20-15-25(32-6)16-21(2)27(20)34-30(5)13-14-33-19-26(31)29(4)18-22-7-8-23-9-11-28(3)12-10-24(23)17-22/h7-8,15-17H,9-14,18-19H2,1-6H3. The lowest BCUT2D eigenvalue weighted by molar-refractivity contribution is -0.127. The quantitative estimate of drug-likeness (QED) is 0.348. The summed E-state index contributed by atoms with van der Waals surface area (Å²) in [5.41, 5.74) is 6.58. The fraction of sp³-hybridized carbons (Fsp3) is 0.519. The van der Waals surface area contributed by atoms with Crippen LogP contribution in [0.3, 0.4) is 0 Å². The predicted molar refractivity (Wildman–Crippen MR) is 146 cm³/mol. The van der Waals surface area contributed by atoms with Crippen molar-refractivity contribution >= 4 is 29.6 Å². The average Bonchev–Trinajstić information content (AvgIpc) is 2.99. The molecule has 7 heteroatoms. The first-order valence-electron chi connectivity index (χ1n) is 11.9. The molecular weight excluding hydrogens is 462 g/mol. The summed E-state index contributed by atoms with van der Waals surface area (Å²) in [6.45, 7) is 8.06. The van der Waals surface area contributed by atoms with Crippen LogP contribution in [0.5, 0.6) is 5.75 Å². The van der Waals surface area contributed by atoms with Crippen LogP contribution < -0.4 is 4.74 Å². The Morgan fingerprint density at radius 1 is 1.06 bits per heavy atom. The summed E-state index contributed by atoms with van der Waals surface area (Å²) in [7, 11) is 7.92. The maximum absolute atomic E-state index is 12.7. The zero-order valence-electron chi connectivity index (χ0n) is 21.5. The predicted octanol–water partition coefficient (Wildman–Crippen LogP) is 4.67. The highest BCUT2D eigenvalue weighted by Crippen LogP contribution is 2.31. The van der Waals surface area contributed by atoms with Crippen LogP contribution in [-0.4, -0.2) is 79.4 Å². The molecule has 2 aromatic carbocycles. The van der Waals surface area contributed by atoms with E-state index in [0.29, 0.717) is 12.3 Å². The van der Waals surface area contributed by atoms with Crippen LogP contribution in [0.25, 0.3) is 0 Å². The van der Waals surface area contributed by atoms with Gasteiger partial charge in [0.05, 0.1) is 12.9 Å². The minimum atomic E-state index is 0.192. The Hall–Kier alpha value is -1.67. The summed E-state index contributed by atoms with van der Waals surface area (Å²) in [5, 5.41) is 0. The maximum Gasteiger partial charge on any atom is 0.232 e. The first-order chi connectivity index (χ1) is 16.3. The Kier molecular flexibility index (Phi) is 10.2. The van der Waals surface area contributed by atoms with Gasteiger partial charge < -0.3 is 14.5 Å². The summed E-state index contributed by atoms with van der Waals surface area (Å²) < 4.78 is 7.61. The molecule has 0 saturated heterocycles. The topological polar surface area (TPSA) is 36.0 Å². The summed E-state index contributed by atoms with van der Waals surface area (Å²) in [4.78, 5) is 18.2. The second-order valence-electron chi connectivity index (χ2n) is 9.24. The number of aryl methyl sites for hydroxylation is 2. The van der Waals surface area contributed by atoms with Gasteiger partial charge in [-0.15, -0.1) is 0 Å². The van der Waals surface area contributed by atoms with Gasteiger partial charge in [-0.05, 0) is 92.7 Å². The molecular formula is C27H39N3O2S2. The highest BCUT2D eigenvalue weighted by molar-refractivity contribution is 8.00. The molecule has 0 bridgehead atoms. The van der Waals surface area contributed by atoms with E-state index in [0.717, 1.165) is 44.0 Å². The van der Waals surface area contributed by atoms with Crippen LogP contribution in [0.4, 0.5) is 0 Å². The number of fused-ring (bicyclic) bond motifs is 1. The molecule has 0 radical (unpaired) electrons. The van der Waals surface area contributed by atoms with Gasteiger partial charge in [0.1, 0.15) is 5.75 Å². The van der Waals surface area contributed by atoms with E-state index in [1.807, 2.05) is 11.9 Å². The third kappa shape index (κ3) is 7.67. The molecule has 1 heterocycles. The zero-order chi connectivity index (χ0) is 24.7. The molecule has 1 aliphatic heterocycles. The number of hydrogen-bond donors (Lipinski definition) is 0. The van der Waals surface area contributed by atoms with E-state index in [1.54, 1.807) is 30.8 Å². The number of carbonyl (C=O) groups is 1. The van der Waals surface area contributed by atoms with Crippen molar-refractivity contribution in [3.8, 4) is 5.75 Å². The lowest BCUT2D eigenvalue weighted by Crippen LogP contribution is -2.28. The van der Waals surface area contributed by atoms with Crippen molar-refractivity contribution in [2.24, 2.45) is 0 Å². The highest BCUT2D eigenvalue weighted by Gasteiger charge is 2.15. The minimum absolute atomic E-state index is 0.192. The van der Waals surface area contributed by atoms with Gasteiger partial charge in [-0.1, -0.05) is 18.2 Å². The Bertz CT molecular complexity index is 959. The fourth-order valence-electron chi connectivity index (χ4n) is 4.19. The van der Waals surface area contributed by atoms with Crippen molar-refractivity contribution in [3.63, 3.8) is 0 Å². The van der Waals surface area contributed by atoms with Gasteiger partial charge in [-0.2, -0.15) is 11.8 Å². The number of nitrogens with zero attached hydrogens (tertiary/aromatic N) is 3. The first-order valence-corrected chi connectivity index (χ1v) is 13.8. The number of rotatable bonds is 10. The second kappa shape index (κ2) is 12.9. The number of likely N-dealkylation sites (N-methyl/N-ethyl adjacent to an activating group) is 1. The van der Waals surface area contributed by atoms with Crippen molar-refractivity contribution in [2.45, 2.75) is 38.1 Å². The molecule has 0 saturated carbocycles. The summed E-state index contributed by atoms with van der Waals surface area (Å²) in [6.07, 6.45) is 2.20. The van der Waals surface area contributed by atoms with Gasteiger partial charge in [0.2, 0.25) is 5.91 Å². The molecule has 0 atom stereocenters. The van der Waals surface area contributed by atoms with Gasteiger partial charge >= 0.3 is 0 Å². The van der Waals surface area contributed by atoms with Crippen LogP contribution in [0.1, 0.15) is 27.8 Å². The largest absolute Gasteiger partial charge is 0.497 e. The number of carbonyl (C=O) groups excluding carboxylic acids is 1. The number of thioether (sulfide) groups is 1. The number of amides is 1. The molecule has 0 aliphatic carbocycles. The van der Waals surface area contributed by atoms with Crippen LogP contribution in [-0.2, 0) is 24.2 Å². The fourth-order valence-corrected chi connectivity index (χ4v) is 6.15. The third-order valence-corrected chi connectivity index (χ3v) is 8.58. The molecule has 0 aromatic heterocycles. The molecule has 5 nitrogen and oxygen atoms in total. The number of benzene rings is 2. The van der Waals surface area contributed by atoms with Crippen molar-refractivity contribution in [2.75, 3.05) is 59.4 Å². The van der Waals surface area contributed by atoms with E-state index in [1.165, 1.54) is 32.7 Å². The summed E-state index contributed by atoms with van der Waals surface area (Å²) in [5.74, 6) is 2.53. The van der Waals surface area contributed by atoms with Crippen molar-refractivity contribution in [1.82, 2.24) is 14.1 Å². The van der Waals surface area contributed by atoms with E-state index in [2.05, 4.69) is 67.5 Å². The van der Waals surface area contributed by atoms with Gasteiger partial charge in [0, 0.05) is 43.9 Å². The summed E-state index contributed by atoms with van der Waals surface area (Å²) in [6, 6.07) is 10.9. The van der Waals surface area contributed by atoms with E-state index in [9.17, 15) is 4.79 Å². The smallest absolute Gasteiger partial charge is 0.232 e. The molecule has 0 fully saturated rings. The maximum atomic E-state index is 12.7. The second-order valence-corrected chi connectivity index (χ2v) is 11.6. The molecule has 0 spiro atoms. The molecule has 3 rings (SSSR count). The van der Waals surface area contributed by atoms with Crippen LogP contribution in [0.15, 0.2) is 35.2 Å². The Balaban J connectivity index is 1.41. The molecule has 0 unspecified atom stereocenters.